The molecule has 12 nitrogen and oxygen atoms in total. The summed E-state index contributed by atoms with van der Waals surface area (Å²) in [5.74, 6) is -0.0775. The van der Waals surface area contributed by atoms with Crippen LogP contribution in [0.4, 0.5) is 17.2 Å². The fourth-order valence-corrected chi connectivity index (χ4v) is 4.96. The SMILES string of the molecule is CN[C@@H](C)C(=O)N[C@H](C(=O)N1CCCC1C(=O)Nc1cc2c(Nc3cccnc3Cl)ncnc2cc1OC)C(C)(C)C.Cl. The van der Waals surface area contributed by atoms with Gasteiger partial charge in [-0.15, -0.1) is 12.4 Å². The zero-order valence-electron chi connectivity index (χ0n) is 25.0. The van der Waals surface area contributed by atoms with Crippen molar-refractivity contribution in [3.05, 3.63) is 41.9 Å². The molecule has 1 unspecified atom stereocenters. The lowest BCUT2D eigenvalue weighted by Crippen LogP contribution is -2.59. The molecule has 0 spiro atoms. The third-order valence-corrected chi connectivity index (χ3v) is 7.59. The first kappa shape index (κ1) is 33.8. The molecule has 3 heterocycles. The van der Waals surface area contributed by atoms with E-state index in [1.807, 2.05) is 20.8 Å². The largest absolute Gasteiger partial charge is 0.494 e. The van der Waals surface area contributed by atoms with Crippen molar-refractivity contribution in [3.8, 4) is 5.75 Å². The second kappa shape index (κ2) is 14.2. The van der Waals surface area contributed by atoms with Crippen LogP contribution in [0.1, 0.15) is 40.5 Å². The number of carbonyl (C=O) groups excluding carboxylic acids is 3. The predicted molar refractivity (Wildman–Crippen MR) is 169 cm³/mol. The van der Waals surface area contributed by atoms with Crippen LogP contribution in [0, 0.1) is 5.41 Å². The van der Waals surface area contributed by atoms with Crippen LogP contribution in [-0.2, 0) is 14.4 Å². The summed E-state index contributed by atoms with van der Waals surface area (Å²) in [6.45, 7) is 7.79. The number of fused-ring (bicyclic) bond motifs is 1. The molecular weight excluding hydrogens is 595 g/mol. The molecule has 232 valence electrons. The van der Waals surface area contributed by atoms with Gasteiger partial charge >= 0.3 is 0 Å². The Morgan fingerprint density at radius 1 is 1.14 bits per heavy atom. The number of methoxy groups -OCH3 is 1. The van der Waals surface area contributed by atoms with Gasteiger partial charge < -0.3 is 30.9 Å². The van der Waals surface area contributed by atoms with Crippen molar-refractivity contribution < 1.29 is 19.1 Å². The first-order chi connectivity index (χ1) is 19.9. The van der Waals surface area contributed by atoms with Gasteiger partial charge in [-0.2, -0.15) is 0 Å². The van der Waals surface area contributed by atoms with Gasteiger partial charge in [0.2, 0.25) is 17.7 Å². The molecule has 2 aromatic heterocycles. The number of carbonyl (C=O) groups is 3. The Bertz CT molecular complexity index is 1480. The molecule has 4 N–H and O–H groups in total. The van der Waals surface area contributed by atoms with Gasteiger partial charge in [-0.05, 0) is 50.4 Å². The van der Waals surface area contributed by atoms with Crippen LogP contribution < -0.4 is 26.0 Å². The number of benzene rings is 1. The Labute approximate surface area is 262 Å². The number of aromatic nitrogens is 3. The third kappa shape index (κ3) is 7.62. The van der Waals surface area contributed by atoms with E-state index in [9.17, 15) is 14.4 Å². The fraction of sp³-hybridized carbons (Fsp3) is 0.448. The zero-order chi connectivity index (χ0) is 30.6. The highest BCUT2D eigenvalue weighted by Gasteiger charge is 2.42. The molecule has 0 saturated carbocycles. The fourth-order valence-electron chi connectivity index (χ4n) is 4.79. The highest BCUT2D eigenvalue weighted by Crippen LogP contribution is 2.35. The number of anilines is 3. The summed E-state index contributed by atoms with van der Waals surface area (Å²) in [5.41, 5.74) is 0.962. The van der Waals surface area contributed by atoms with Crippen LogP contribution in [0.15, 0.2) is 36.8 Å². The number of likely N-dealkylation sites (N-methyl/N-ethyl adjacent to an activating group) is 1. The number of rotatable bonds is 9. The number of nitrogens with one attached hydrogen (secondary N) is 4. The summed E-state index contributed by atoms with van der Waals surface area (Å²) in [7, 11) is 3.18. The lowest BCUT2D eigenvalue weighted by Gasteiger charge is -2.36. The normalized spacial score (nSPS) is 16.2. The van der Waals surface area contributed by atoms with Gasteiger partial charge in [-0.25, -0.2) is 15.0 Å². The van der Waals surface area contributed by atoms with E-state index in [0.29, 0.717) is 53.2 Å². The van der Waals surface area contributed by atoms with E-state index < -0.39 is 23.5 Å². The molecule has 0 radical (unpaired) electrons. The Kier molecular flexibility index (Phi) is 11.1. The number of halogens is 2. The second-order valence-corrected chi connectivity index (χ2v) is 11.6. The molecule has 0 aliphatic carbocycles. The average molecular weight is 634 g/mol. The Morgan fingerprint density at radius 3 is 2.53 bits per heavy atom. The van der Waals surface area contributed by atoms with Crippen molar-refractivity contribution in [1.82, 2.24) is 30.5 Å². The highest BCUT2D eigenvalue weighted by molar-refractivity contribution is 6.32. The third-order valence-electron chi connectivity index (χ3n) is 7.29. The minimum atomic E-state index is -0.811. The first-order valence-electron chi connectivity index (χ1n) is 13.7. The van der Waals surface area contributed by atoms with Crippen molar-refractivity contribution in [2.24, 2.45) is 5.41 Å². The van der Waals surface area contributed by atoms with Crippen LogP contribution in [0.5, 0.6) is 5.75 Å². The highest BCUT2D eigenvalue weighted by atomic mass is 35.5. The molecule has 4 rings (SSSR count). The minimum absolute atomic E-state index is 0. The van der Waals surface area contributed by atoms with E-state index in [1.54, 1.807) is 49.3 Å². The van der Waals surface area contributed by atoms with Gasteiger partial charge in [0.1, 0.15) is 30.0 Å². The van der Waals surface area contributed by atoms with Crippen LogP contribution in [0.2, 0.25) is 5.15 Å². The van der Waals surface area contributed by atoms with E-state index in [4.69, 9.17) is 16.3 Å². The first-order valence-corrected chi connectivity index (χ1v) is 14.1. The molecule has 0 bridgehead atoms. The molecule has 1 aromatic carbocycles. The molecule has 1 aliphatic heterocycles. The van der Waals surface area contributed by atoms with Crippen molar-refractivity contribution in [2.75, 3.05) is 31.3 Å². The topological polar surface area (TPSA) is 150 Å². The summed E-state index contributed by atoms with van der Waals surface area (Å²) < 4.78 is 5.57. The van der Waals surface area contributed by atoms with Crippen molar-refractivity contribution in [2.45, 2.75) is 58.7 Å². The average Bonchev–Trinajstić information content (AvgIpc) is 3.46. The summed E-state index contributed by atoms with van der Waals surface area (Å²) in [6, 6.07) is 4.94. The number of nitrogens with zero attached hydrogens (tertiary/aromatic N) is 4. The van der Waals surface area contributed by atoms with Crippen LogP contribution >= 0.6 is 24.0 Å². The summed E-state index contributed by atoms with van der Waals surface area (Å²) in [5, 5.41) is 12.8. The molecule has 1 saturated heterocycles. The van der Waals surface area contributed by atoms with E-state index >= 15 is 0 Å². The molecule has 1 aliphatic rings. The second-order valence-electron chi connectivity index (χ2n) is 11.3. The number of hydrogen-bond donors (Lipinski definition) is 4. The molecule has 3 amide bonds. The molecule has 14 heteroatoms. The Morgan fingerprint density at radius 2 is 1.88 bits per heavy atom. The van der Waals surface area contributed by atoms with Gasteiger partial charge in [-0.3, -0.25) is 14.4 Å². The zero-order valence-corrected chi connectivity index (χ0v) is 26.6. The van der Waals surface area contributed by atoms with E-state index in [1.165, 1.54) is 13.4 Å². The number of pyridine rings is 1. The van der Waals surface area contributed by atoms with E-state index in [2.05, 4.69) is 36.2 Å². The molecule has 3 atom stereocenters. The maximum atomic E-state index is 13.8. The quantitative estimate of drug-likeness (QED) is 0.257. The predicted octanol–water partition coefficient (Wildman–Crippen LogP) is 3.92. The van der Waals surface area contributed by atoms with Gasteiger partial charge in [-0.1, -0.05) is 32.4 Å². The minimum Gasteiger partial charge on any atom is -0.494 e. The summed E-state index contributed by atoms with van der Waals surface area (Å²) in [6.07, 6.45) is 4.14. The van der Waals surface area contributed by atoms with Gasteiger partial charge in [0.05, 0.1) is 30.0 Å². The molecule has 43 heavy (non-hydrogen) atoms. The Balaban J connectivity index is 0.00000506. The van der Waals surface area contributed by atoms with E-state index in [0.717, 1.165) is 0 Å². The summed E-state index contributed by atoms with van der Waals surface area (Å²) in [4.78, 5) is 54.5. The van der Waals surface area contributed by atoms with Crippen molar-refractivity contribution >= 4 is 69.8 Å². The molecule has 1 fully saturated rings. The maximum Gasteiger partial charge on any atom is 0.247 e. The van der Waals surface area contributed by atoms with Crippen LogP contribution in [0.3, 0.4) is 0 Å². The molecular formula is C29H38Cl2N8O4. The number of hydrogen-bond acceptors (Lipinski definition) is 9. The lowest BCUT2D eigenvalue weighted by molar-refractivity contribution is -0.143. The summed E-state index contributed by atoms with van der Waals surface area (Å²) >= 11 is 6.23. The van der Waals surface area contributed by atoms with Gasteiger partial charge in [0.15, 0.2) is 5.15 Å². The van der Waals surface area contributed by atoms with Crippen molar-refractivity contribution in [3.63, 3.8) is 0 Å². The monoisotopic (exact) mass is 632 g/mol. The molecule has 3 aromatic rings. The van der Waals surface area contributed by atoms with Gasteiger partial charge in [0.25, 0.3) is 0 Å². The Hall–Kier alpha value is -3.74. The number of amides is 3. The smallest absolute Gasteiger partial charge is 0.247 e. The lowest BCUT2D eigenvalue weighted by atomic mass is 9.85. The van der Waals surface area contributed by atoms with Crippen molar-refractivity contribution in [1.29, 1.82) is 0 Å². The van der Waals surface area contributed by atoms with E-state index in [-0.39, 0.29) is 35.3 Å². The van der Waals surface area contributed by atoms with Gasteiger partial charge in [0, 0.05) is 24.2 Å². The maximum absolute atomic E-state index is 13.8. The standard InChI is InChI=1S/C29H37ClN8O4.ClH/c1-16(31-5)26(39)37-23(29(2,3)4)28(41)38-12-8-10-21(38)27(40)36-20-13-17-19(14-22(20)42-6)33-15-34-25(17)35-18-9-7-11-32-24(18)30;/h7,9,11,13-16,21,23,31H,8,10,12H2,1-6H3,(H,36,40)(H,37,39)(H,33,34,35);1H/t16-,21?,23+;/m0./s1. The van der Waals surface area contributed by atoms with Crippen LogP contribution in [0.25, 0.3) is 10.9 Å². The number of likely N-dealkylation sites (tertiary alicyclic amines) is 1. The number of ether oxygens (including phenoxy) is 1. The van der Waals surface area contributed by atoms with Crippen LogP contribution in [-0.4, -0.2) is 76.4 Å².